The molecule has 11 atom stereocenters. The molecule has 0 radical (unpaired) electrons. The van der Waals surface area contributed by atoms with Crippen molar-refractivity contribution in [3.63, 3.8) is 0 Å². The van der Waals surface area contributed by atoms with Gasteiger partial charge in [0.15, 0.2) is 0 Å². The smallest absolute Gasteiger partial charge is 0.0638 e. The van der Waals surface area contributed by atoms with Crippen LogP contribution in [0.2, 0.25) is 0 Å². The first-order chi connectivity index (χ1) is 14.7. The molecule has 0 heterocycles. The minimum Gasteiger partial charge on any atom is -0.396 e. The second kappa shape index (κ2) is 7.72. The first-order valence-corrected chi connectivity index (χ1v) is 13.9. The maximum absolute atomic E-state index is 9.80. The van der Waals surface area contributed by atoms with Gasteiger partial charge in [-0.1, -0.05) is 41.0 Å². The number of fused-ring (bicyclic) bond motifs is 4. The lowest BCUT2D eigenvalue weighted by atomic mass is 9.45. The highest BCUT2D eigenvalue weighted by Gasteiger charge is 2.77. The molecule has 0 aromatic heterocycles. The summed E-state index contributed by atoms with van der Waals surface area (Å²) < 4.78 is 6.30. The SMILES string of the molecule is CO[C@@H]1C[C@H]2[C@@H]3CC[C@H]([C@H](C)CC[C@@H](CO)C(C)C)[C@@]3(C)CC[C@@H]2[C@@]2(C)CC[C@@H]3C[C@]312. The van der Waals surface area contributed by atoms with E-state index in [1.807, 2.05) is 7.11 Å². The zero-order chi connectivity index (χ0) is 22.2. The van der Waals surface area contributed by atoms with E-state index in [-0.39, 0.29) is 0 Å². The summed E-state index contributed by atoms with van der Waals surface area (Å²) in [7, 11) is 2.02. The molecule has 5 aliphatic rings. The van der Waals surface area contributed by atoms with Gasteiger partial charge >= 0.3 is 0 Å². The van der Waals surface area contributed by atoms with E-state index in [0.29, 0.717) is 40.8 Å². The number of ether oxygens (including phenoxy) is 1. The fourth-order valence-corrected chi connectivity index (χ4v) is 10.9. The van der Waals surface area contributed by atoms with E-state index >= 15 is 0 Å². The molecule has 31 heavy (non-hydrogen) atoms. The van der Waals surface area contributed by atoms with Gasteiger partial charge in [-0.25, -0.2) is 0 Å². The Hall–Kier alpha value is -0.0800. The highest BCUT2D eigenvalue weighted by molar-refractivity contribution is 5.26. The third kappa shape index (κ3) is 3.02. The predicted octanol–water partition coefficient (Wildman–Crippen LogP) is 6.95. The van der Waals surface area contributed by atoms with Crippen LogP contribution in [0, 0.1) is 63.6 Å². The average molecular weight is 431 g/mol. The van der Waals surface area contributed by atoms with Crippen molar-refractivity contribution in [3.8, 4) is 0 Å². The molecule has 1 spiro atoms. The number of rotatable bonds is 7. The second-order valence-electron chi connectivity index (χ2n) is 13.7. The van der Waals surface area contributed by atoms with Gasteiger partial charge in [0.2, 0.25) is 0 Å². The van der Waals surface area contributed by atoms with Crippen LogP contribution in [0.15, 0.2) is 0 Å². The van der Waals surface area contributed by atoms with Crippen molar-refractivity contribution in [2.45, 2.75) is 105 Å². The van der Waals surface area contributed by atoms with Crippen LogP contribution in [0.3, 0.4) is 0 Å². The van der Waals surface area contributed by atoms with Gasteiger partial charge in [-0.3, -0.25) is 0 Å². The summed E-state index contributed by atoms with van der Waals surface area (Å²) in [6.07, 6.45) is 14.7. The quantitative estimate of drug-likeness (QED) is 0.473. The van der Waals surface area contributed by atoms with Crippen LogP contribution in [0.1, 0.15) is 98.8 Å². The molecule has 0 amide bonds. The molecule has 0 aliphatic heterocycles. The summed E-state index contributed by atoms with van der Waals surface area (Å²) in [6.45, 7) is 12.8. The fraction of sp³-hybridized carbons (Fsp3) is 1.00. The van der Waals surface area contributed by atoms with Gasteiger partial charge in [0, 0.05) is 19.1 Å². The van der Waals surface area contributed by atoms with Gasteiger partial charge in [0.05, 0.1) is 6.10 Å². The lowest BCUT2D eigenvalue weighted by Gasteiger charge is -2.61. The first-order valence-electron chi connectivity index (χ1n) is 13.9. The number of hydrogen-bond acceptors (Lipinski definition) is 2. The van der Waals surface area contributed by atoms with Crippen molar-refractivity contribution >= 4 is 0 Å². The topological polar surface area (TPSA) is 29.5 Å². The van der Waals surface area contributed by atoms with Crippen molar-refractivity contribution < 1.29 is 9.84 Å². The van der Waals surface area contributed by atoms with Crippen LogP contribution in [0.5, 0.6) is 0 Å². The highest BCUT2D eigenvalue weighted by atomic mass is 16.5. The molecule has 5 rings (SSSR count). The van der Waals surface area contributed by atoms with Gasteiger partial charge in [-0.15, -0.1) is 0 Å². The monoisotopic (exact) mass is 430 g/mol. The summed E-state index contributed by atoms with van der Waals surface area (Å²) in [6, 6.07) is 0. The van der Waals surface area contributed by atoms with Gasteiger partial charge < -0.3 is 9.84 Å². The van der Waals surface area contributed by atoms with E-state index in [4.69, 9.17) is 4.74 Å². The van der Waals surface area contributed by atoms with Crippen molar-refractivity contribution in [2.24, 2.45) is 63.6 Å². The minimum atomic E-state index is 0.360. The lowest BCUT2D eigenvalue weighted by Crippen LogP contribution is -2.57. The van der Waals surface area contributed by atoms with E-state index in [1.165, 1.54) is 64.2 Å². The average Bonchev–Trinajstić information content (AvgIpc) is 3.24. The van der Waals surface area contributed by atoms with Gasteiger partial charge in [0.25, 0.3) is 0 Å². The number of methoxy groups -OCH3 is 1. The van der Waals surface area contributed by atoms with Crippen LogP contribution in [-0.2, 0) is 4.74 Å². The molecule has 0 unspecified atom stereocenters. The third-order valence-electron chi connectivity index (χ3n) is 12.8. The molecule has 0 aromatic carbocycles. The summed E-state index contributed by atoms with van der Waals surface area (Å²) in [4.78, 5) is 0. The number of hydrogen-bond donors (Lipinski definition) is 1. The van der Waals surface area contributed by atoms with Crippen LogP contribution < -0.4 is 0 Å². The molecule has 1 N–H and O–H groups in total. The molecular weight excluding hydrogens is 380 g/mol. The Morgan fingerprint density at radius 2 is 1.74 bits per heavy atom. The van der Waals surface area contributed by atoms with E-state index in [1.54, 1.807) is 0 Å². The van der Waals surface area contributed by atoms with E-state index in [0.717, 1.165) is 35.5 Å². The van der Waals surface area contributed by atoms with E-state index in [9.17, 15) is 5.11 Å². The van der Waals surface area contributed by atoms with Crippen LogP contribution in [0.4, 0.5) is 0 Å². The van der Waals surface area contributed by atoms with Gasteiger partial charge in [-0.05, 0) is 116 Å². The summed E-state index contributed by atoms with van der Waals surface area (Å²) in [5, 5.41) is 9.80. The van der Waals surface area contributed by atoms with Crippen LogP contribution >= 0.6 is 0 Å². The molecule has 5 saturated carbocycles. The molecule has 0 aromatic rings. The van der Waals surface area contributed by atoms with E-state index < -0.39 is 0 Å². The van der Waals surface area contributed by atoms with Crippen molar-refractivity contribution in [3.05, 3.63) is 0 Å². The standard InChI is InChI=1S/C29H50O2/c1-18(2)20(17-30)8-7-19(3)23-9-10-24-22-15-26(31-6)29-16-21(29)11-14-28(29,5)25(22)12-13-27(23,24)4/h18-26,30H,7-17H2,1-6H3/t19-,20+,21-,22+,23-,24+,25+,26-,27-,28-,29+/m1/s1. The Labute approximate surface area is 192 Å². The normalized spacial score (nSPS) is 52.3. The van der Waals surface area contributed by atoms with Crippen molar-refractivity contribution in [1.29, 1.82) is 0 Å². The minimum absolute atomic E-state index is 0.360. The Kier molecular flexibility index (Phi) is 5.66. The molecule has 0 saturated heterocycles. The Bertz CT molecular complexity index is 674. The molecule has 5 aliphatic carbocycles. The molecular formula is C29H50O2. The van der Waals surface area contributed by atoms with Gasteiger partial charge in [-0.2, -0.15) is 0 Å². The largest absolute Gasteiger partial charge is 0.396 e. The number of aliphatic hydroxyl groups is 1. The number of aliphatic hydroxyl groups excluding tert-OH is 1. The molecule has 0 bridgehead atoms. The van der Waals surface area contributed by atoms with Crippen molar-refractivity contribution in [1.82, 2.24) is 0 Å². The maximum Gasteiger partial charge on any atom is 0.0638 e. The van der Waals surface area contributed by atoms with Crippen LogP contribution in [0.25, 0.3) is 0 Å². The molecule has 2 nitrogen and oxygen atoms in total. The fourth-order valence-electron chi connectivity index (χ4n) is 10.9. The molecule has 5 fully saturated rings. The first kappa shape index (κ1) is 22.7. The zero-order valence-electron chi connectivity index (χ0n) is 21.3. The van der Waals surface area contributed by atoms with E-state index in [2.05, 4.69) is 34.6 Å². The third-order valence-corrected chi connectivity index (χ3v) is 12.8. The van der Waals surface area contributed by atoms with Gasteiger partial charge in [0.1, 0.15) is 0 Å². The summed E-state index contributed by atoms with van der Waals surface area (Å²) >= 11 is 0. The Balaban J connectivity index is 1.33. The second-order valence-corrected chi connectivity index (χ2v) is 13.7. The van der Waals surface area contributed by atoms with Crippen LogP contribution in [-0.4, -0.2) is 24.9 Å². The summed E-state index contributed by atoms with van der Waals surface area (Å²) in [5.74, 6) is 6.51. The molecule has 2 heteroatoms. The van der Waals surface area contributed by atoms with Crippen molar-refractivity contribution in [2.75, 3.05) is 13.7 Å². The molecule has 178 valence electrons. The highest BCUT2D eigenvalue weighted by Crippen LogP contribution is 2.82. The lowest BCUT2D eigenvalue weighted by molar-refractivity contribution is -0.161. The zero-order valence-corrected chi connectivity index (χ0v) is 21.3. The Morgan fingerprint density at radius 3 is 2.39 bits per heavy atom. The predicted molar refractivity (Wildman–Crippen MR) is 128 cm³/mol. The summed E-state index contributed by atoms with van der Waals surface area (Å²) in [5.41, 5.74) is 1.64. The Morgan fingerprint density at radius 1 is 0.968 bits per heavy atom. The maximum atomic E-state index is 9.80.